The van der Waals surface area contributed by atoms with E-state index in [1.54, 1.807) is 17.9 Å². The Labute approximate surface area is 107 Å². The molecule has 2 N–H and O–H groups in total. The van der Waals surface area contributed by atoms with Crippen LogP contribution in [-0.4, -0.2) is 22.9 Å². The minimum absolute atomic E-state index is 0.0449. The van der Waals surface area contributed by atoms with Crippen LogP contribution in [-0.2, 0) is 4.79 Å². The van der Waals surface area contributed by atoms with Gasteiger partial charge in [-0.3, -0.25) is 4.79 Å². The third kappa shape index (κ3) is 2.12. The molecule has 2 rings (SSSR count). The van der Waals surface area contributed by atoms with Gasteiger partial charge in [0.15, 0.2) is 0 Å². The molecule has 2 atom stereocenters. The first-order chi connectivity index (χ1) is 8.41. The summed E-state index contributed by atoms with van der Waals surface area (Å²) in [7, 11) is 0. The molecular formula is C14H19FN2O. The number of aryl methyl sites for hydroxylation is 1. The van der Waals surface area contributed by atoms with Gasteiger partial charge in [-0.1, -0.05) is 12.1 Å². The molecule has 1 amide bonds. The zero-order chi connectivity index (χ0) is 13.4. The number of rotatable bonds is 2. The summed E-state index contributed by atoms with van der Waals surface area (Å²) in [5.74, 6) is -0.203. The van der Waals surface area contributed by atoms with E-state index in [0.29, 0.717) is 12.0 Å². The number of hydrogen-bond donors (Lipinski definition) is 1. The van der Waals surface area contributed by atoms with Gasteiger partial charge in [0.1, 0.15) is 5.82 Å². The van der Waals surface area contributed by atoms with Crippen molar-refractivity contribution < 1.29 is 9.18 Å². The second kappa shape index (κ2) is 4.69. The summed E-state index contributed by atoms with van der Waals surface area (Å²) in [4.78, 5) is 13.7. The topological polar surface area (TPSA) is 46.3 Å². The van der Waals surface area contributed by atoms with Crippen molar-refractivity contribution >= 4 is 5.91 Å². The molecule has 0 radical (unpaired) electrons. The van der Waals surface area contributed by atoms with Crippen LogP contribution in [0.2, 0.25) is 0 Å². The first kappa shape index (κ1) is 13.0. The minimum Gasteiger partial charge on any atom is -0.332 e. The Kier molecular flexibility index (Phi) is 3.39. The summed E-state index contributed by atoms with van der Waals surface area (Å²) in [6, 6.07) is 4.68. The summed E-state index contributed by atoms with van der Waals surface area (Å²) in [6.07, 6.45) is 0.332. The van der Waals surface area contributed by atoms with E-state index in [9.17, 15) is 9.18 Å². The van der Waals surface area contributed by atoms with Gasteiger partial charge in [0.25, 0.3) is 0 Å². The summed E-state index contributed by atoms with van der Waals surface area (Å²) in [6.45, 7) is 5.63. The van der Waals surface area contributed by atoms with E-state index in [1.807, 2.05) is 19.9 Å². The van der Waals surface area contributed by atoms with Crippen molar-refractivity contribution in [3.63, 3.8) is 0 Å². The molecule has 1 heterocycles. The fourth-order valence-corrected chi connectivity index (χ4v) is 2.59. The van der Waals surface area contributed by atoms with Gasteiger partial charge >= 0.3 is 0 Å². The summed E-state index contributed by atoms with van der Waals surface area (Å²) in [5, 5.41) is 0. The maximum absolute atomic E-state index is 13.6. The predicted molar refractivity (Wildman–Crippen MR) is 68.5 cm³/mol. The second-order valence-electron chi connectivity index (χ2n) is 5.22. The van der Waals surface area contributed by atoms with Crippen LogP contribution in [0, 0.1) is 12.7 Å². The number of carbonyl (C=O) groups excluding carboxylic acids is 1. The van der Waals surface area contributed by atoms with E-state index < -0.39 is 0 Å². The standard InChI is InChI=1S/C14H19FN2O/c1-8(2)17-13(18)7-12(16)14(17)10-5-4-9(3)11(15)6-10/h4-6,8,12,14H,7,16H2,1-3H3. The fraction of sp³-hybridized carbons (Fsp3) is 0.500. The molecule has 1 aromatic carbocycles. The molecule has 0 aromatic heterocycles. The molecule has 1 aromatic rings. The molecule has 1 aliphatic rings. The molecule has 1 aliphatic heterocycles. The SMILES string of the molecule is Cc1ccc(C2C(N)CC(=O)N2C(C)C)cc1F. The van der Waals surface area contributed by atoms with Crippen molar-refractivity contribution in [3.05, 3.63) is 35.1 Å². The molecule has 2 unspecified atom stereocenters. The smallest absolute Gasteiger partial charge is 0.225 e. The van der Waals surface area contributed by atoms with E-state index in [4.69, 9.17) is 5.73 Å². The number of nitrogens with zero attached hydrogens (tertiary/aromatic N) is 1. The highest BCUT2D eigenvalue weighted by Crippen LogP contribution is 2.34. The van der Waals surface area contributed by atoms with Gasteiger partial charge in [0, 0.05) is 18.5 Å². The maximum atomic E-state index is 13.6. The first-order valence-corrected chi connectivity index (χ1v) is 6.24. The van der Waals surface area contributed by atoms with Gasteiger partial charge in [-0.2, -0.15) is 0 Å². The van der Waals surface area contributed by atoms with E-state index in [0.717, 1.165) is 5.56 Å². The predicted octanol–water partition coefficient (Wildman–Crippen LogP) is 2.14. The van der Waals surface area contributed by atoms with E-state index in [-0.39, 0.29) is 29.8 Å². The van der Waals surface area contributed by atoms with Crippen molar-refractivity contribution in [2.24, 2.45) is 5.73 Å². The number of benzene rings is 1. The van der Waals surface area contributed by atoms with Crippen LogP contribution in [0.15, 0.2) is 18.2 Å². The average Bonchev–Trinajstić information content (AvgIpc) is 2.57. The maximum Gasteiger partial charge on any atom is 0.225 e. The van der Waals surface area contributed by atoms with Gasteiger partial charge in [-0.25, -0.2) is 4.39 Å². The summed E-state index contributed by atoms with van der Waals surface area (Å²) >= 11 is 0. The summed E-state index contributed by atoms with van der Waals surface area (Å²) < 4.78 is 13.6. The van der Waals surface area contributed by atoms with Crippen LogP contribution in [0.5, 0.6) is 0 Å². The van der Waals surface area contributed by atoms with Gasteiger partial charge in [0.2, 0.25) is 5.91 Å². The van der Waals surface area contributed by atoms with Gasteiger partial charge < -0.3 is 10.6 Å². The lowest BCUT2D eigenvalue weighted by molar-refractivity contribution is -0.130. The van der Waals surface area contributed by atoms with Crippen LogP contribution >= 0.6 is 0 Å². The number of amides is 1. The fourth-order valence-electron chi connectivity index (χ4n) is 2.59. The highest BCUT2D eigenvalue weighted by atomic mass is 19.1. The van der Waals surface area contributed by atoms with Crippen molar-refractivity contribution in [3.8, 4) is 0 Å². The Hall–Kier alpha value is -1.42. The van der Waals surface area contributed by atoms with Crippen LogP contribution in [0.4, 0.5) is 4.39 Å². The Morgan fingerprint density at radius 2 is 2.11 bits per heavy atom. The van der Waals surface area contributed by atoms with Gasteiger partial charge in [0.05, 0.1) is 6.04 Å². The van der Waals surface area contributed by atoms with Crippen LogP contribution in [0.1, 0.15) is 37.4 Å². The second-order valence-corrected chi connectivity index (χ2v) is 5.22. The number of halogens is 1. The normalized spacial score (nSPS) is 24.1. The van der Waals surface area contributed by atoms with Crippen molar-refractivity contribution in [1.82, 2.24) is 4.90 Å². The Balaban J connectivity index is 2.40. The lowest BCUT2D eigenvalue weighted by Gasteiger charge is -2.30. The molecule has 0 saturated carbocycles. The highest BCUT2D eigenvalue weighted by molar-refractivity contribution is 5.80. The molecule has 1 fully saturated rings. The average molecular weight is 250 g/mol. The zero-order valence-corrected chi connectivity index (χ0v) is 11.0. The van der Waals surface area contributed by atoms with Crippen LogP contribution in [0.25, 0.3) is 0 Å². The monoisotopic (exact) mass is 250 g/mol. The van der Waals surface area contributed by atoms with Crippen LogP contribution < -0.4 is 5.73 Å². The quantitative estimate of drug-likeness (QED) is 0.874. The summed E-state index contributed by atoms with van der Waals surface area (Å²) in [5.41, 5.74) is 7.42. The lowest BCUT2D eigenvalue weighted by atomic mass is 9.99. The van der Waals surface area contributed by atoms with Crippen molar-refractivity contribution in [2.75, 3.05) is 0 Å². The van der Waals surface area contributed by atoms with Gasteiger partial charge in [-0.05, 0) is 38.0 Å². The molecule has 0 bridgehead atoms. The third-order valence-electron chi connectivity index (χ3n) is 3.50. The third-order valence-corrected chi connectivity index (χ3v) is 3.50. The molecule has 0 spiro atoms. The Morgan fingerprint density at radius 1 is 1.44 bits per heavy atom. The number of carbonyl (C=O) groups is 1. The Morgan fingerprint density at radius 3 is 2.67 bits per heavy atom. The number of nitrogens with two attached hydrogens (primary N) is 1. The number of hydrogen-bond acceptors (Lipinski definition) is 2. The van der Waals surface area contributed by atoms with E-state index in [2.05, 4.69) is 0 Å². The van der Waals surface area contributed by atoms with Crippen LogP contribution in [0.3, 0.4) is 0 Å². The van der Waals surface area contributed by atoms with Crippen molar-refractivity contribution in [1.29, 1.82) is 0 Å². The molecule has 0 aliphatic carbocycles. The van der Waals surface area contributed by atoms with E-state index in [1.165, 1.54) is 6.07 Å². The van der Waals surface area contributed by atoms with Crippen molar-refractivity contribution in [2.45, 2.75) is 45.3 Å². The lowest BCUT2D eigenvalue weighted by Crippen LogP contribution is -2.37. The molecule has 1 saturated heterocycles. The number of likely N-dealkylation sites (tertiary alicyclic amines) is 1. The zero-order valence-electron chi connectivity index (χ0n) is 11.0. The van der Waals surface area contributed by atoms with E-state index >= 15 is 0 Å². The molecule has 4 heteroatoms. The minimum atomic E-state index is -0.262. The van der Waals surface area contributed by atoms with Gasteiger partial charge in [-0.15, -0.1) is 0 Å². The molecular weight excluding hydrogens is 231 g/mol. The largest absolute Gasteiger partial charge is 0.332 e. The first-order valence-electron chi connectivity index (χ1n) is 6.24. The Bertz CT molecular complexity index is 473. The molecule has 3 nitrogen and oxygen atoms in total. The molecule has 18 heavy (non-hydrogen) atoms. The highest BCUT2D eigenvalue weighted by Gasteiger charge is 2.39. The molecule has 98 valence electrons.